The smallest absolute Gasteiger partial charge is 0.244 e. The summed E-state index contributed by atoms with van der Waals surface area (Å²) in [6, 6.07) is 12.9. The van der Waals surface area contributed by atoms with Crippen LogP contribution in [0.5, 0.6) is 5.75 Å². The highest BCUT2D eigenvalue weighted by molar-refractivity contribution is 9.10. The molecule has 1 N–H and O–H groups in total. The normalized spacial score (nSPS) is 12.6. The fourth-order valence-corrected chi connectivity index (χ4v) is 4.36. The maximum Gasteiger partial charge on any atom is 0.244 e. The van der Waals surface area contributed by atoms with Crippen molar-refractivity contribution in [1.29, 1.82) is 0 Å². The maximum absolute atomic E-state index is 13.5. The van der Waals surface area contributed by atoms with Gasteiger partial charge < -0.3 is 15.0 Å². The van der Waals surface area contributed by atoms with Crippen LogP contribution in [-0.2, 0) is 26.2 Å². The van der Waals surface area contributed by atoms with Crippen LogP contribution in [0.1, 0.15) is 33.3 Å². The zero-order chi connectivity index (χ0) is 25.7. The minimum absolute atomic E-state index is 0.104. The molecule has 8 nitrogen and oxygen atoms in total. The van der Waals surface area contributed by atoms with Crippen LogP contribution in [0.15, 0.2) is 53.0 Å². The molecule has 0 heterocycles. The number of rotatable bonds is 9. The van der Waals surface area contributed by atoms with Gasteiger partial charge in [0.05, 0.1) is 19.1 Å². The summed E-state index contributed by atoms with van der Waals surface area (Å²) in [5, 5.41) is 2.89. The Hall–Kier alpha value is -2.59. The first-order valence-electron chi connectivity index (χ1n) is 10.7. The van der Waals surface area contributed by atoms with Gasteiger partial charge in [-0.25, -0.2) is 8.42 Å². The number of nitrogens with one attached hydrogen (secondary N) is 1. The van der Waals surface area contributed by atoms with Gasteiger partial charge in [0.2, 0.25) is 21.8 Å². The van der Waals surface area contributed by atoms with Crippen LogP contribution >= 0.6 is 15.9 Å². The van der Waals surface area contributed by atoms with Gasteiger partial charge in [-0.1, -0.05) is 28.1 Å². The highest BCUT2D eigenvalue weighted by Crippen LogP contribution is 2.22. The number of hydrogen-bond acceptors (Lipinski definition) is 5. The quantitative estimate of drug-likeness (QED) is 0.512. The minimum Gasteiger partial charge on any atom is -0.497 e. The third-order valence-corrected chi connectivity index (χ3v) is 6.62. The predicted molar refractivity (Wildman–Crippen MR) is 137 cm³/mol. The number of carbonyl (C=O) groups excluding carboxylic acids is 2. The van der Waals surface area contributed by atoms with Gasteiger partial charge >= 0.3 is 0 Å². The van der Waals surface area contributed by atoms with E-state index in [0.717, 1.165) is 20.6 Å². The lowest BCUT2D eigenvalue weighted by atomic mass is 10.1. The molecule has 0 saturated heterocycles. The van der Waals surface area contributed by atoms with E-state index < -0.39 is 34.1 Å². The number of benzene rings is 2. The number of halogens is 1. The average molecular weight is 555 g/mol. The van der Waals surface area contributed by atoms with Gasteiger partial charge in [-0.3, -0.25) is 13.9 Å². The largest absolute Gasteiger partial charge is 0.497 e. The Labute approximate surface area is 210 Å². The van der Waals surface area contributed by atoms with Crippen molar-refractivity contribution in [3.63, 3.8) is 0 Å². The second-order valence-electron chi connectivity index (χ2n) is 9.03. The second kappa shape index (κ2) is 11.2. The average Bonchev–Trinajstić information content (AvgIpc) is 2.74. The van der Waals surface area contributed by atoms with E-state index in [1.54, 1.807) is 56.5 Å². The number of carbonyl (C=O) groups is 2. The third-order valence-electron chi connectivity index (χ3n) is 4.95. The van der Waals surface area contributed by atoms with Gasteiger partial charge in [0.1, 0.15) is 18.3 Å². The zero-order valence-corrected chi connectivity index (χ0v) is 22.7. The van der Waals surface area contributed by atoms with E-state index in [9.17, 15) is 18.0 Å². The van der Waals surface area contributed by atoms with Crippen molar-refractivity contribution in [1.82, 2.24) is 10.2 Å². The number of hydrogen-bond donors (Lipinski definition) is 1. The number of ether oxygens (including phenoxy) is 1. The van der Waals surface area contributed by atoms with Gasteiger partial charge in [-0.2, -0.15) is 0 Å². The Morgan fingerprint density at radius 3 is 2.26 bits per heavy atom. The molecule has 0 bridgehead atoms. The number of anilines is 1. The monoisotopic (exact) mass is 553 g/mol. The summed E-state index contributed by atoms with van der Waals surface area (Å²) in [7, 11) is -2.22. The summed E-state index contributed by atoms with van der Waals surface area (Å²) in [6.07, 6.45) is 1.05. The molecule has 2 aromatic carbocycles. The number of amides is 2. The predicted octanol–water partition coefficient (Wildman–Crippen LogP) is 3.56. The Kier molecular flexibility index (Phi) is 9.13. The lowest BCUT2D eigenvalue weighted by molar-refractivity contribution is -0.140. The lowest BCUT2D eigenvalue weighted by Crippen LogP contribution is -2.54. The lowest BCUT2D eigenvalue weighted by Gasteiger charge is -2.33. The Balaban J connectivity index is 2.41. The van der Waals surface area contributed by atoms with E-state index in [4.69, 9.17) is 4.74 Å². The van der Waals surface area contributed by atoms with Crippen molar-refractivity contribution in [3.05, 3.63) is 58.6 Å². The van der Waals surface area contributed by atoms with Gasteiger partial charge in [-0.15, -0.1) is 0 Å². The summed E-state index contributed by atoms with van der Waals surface area (Å²) < 4.78 is 32.2. The van der Waals surface area contributed by atoms with Crippen molar-refractivity contribution >= 4 is 43.5 Å². The van der Waals surface area contributed by atoms with Crippen molar-refractivity contribution in [3.8, 4) is 5.75 Å². The van der Waals surface area contributed by atoms with Gasteiger partial charge in [-0.05, 0) is 69.7 Å². The van der Waals surface area contributed by atoms with E-state index in [1.165, 1.54) is 4.90 Å². The molecule has 0 aliphatic rings. The fourth-order valence-electron chi connectivity index (χ4n) is 3.25. The molecule has 0 aliphatic heterocycles. The molecule has 10 heteroatoms. The summed E-state index contributed by atoms with van der Waals surface area (Å²) in [5.41, 5.74) is 0.608. The van der Waals surface area contributed by atoms with Gasteiger partial charge in [0, 0.05) is 16.6 Å². The molecular weight excluding hydrogens is 522 g/mol. The summed E-state index contributed by atoms with van der Waals surface area (Å²) in [5.74, 6) is -0.227. The minimum atomic E-state index is -3.77. The van der Waals surface area contributed by atoms with Crippen LogP contribution < -0.4 is 14.4 Å². The maximum atomic E-state index is 13.5. The zero-order valence-electron chi connectivity index (χ0n) is 20.3. The van der Waals surface area contributed by atoms with E-state index in [2.05, 4.69) is 21.2 Å². The number of methoxy groups -OCH3 is 1. The Bertz CT molecular complexity index is 1110. The molecule has 0 radical (unpaired) electrons. The first-order valence-corrected chi connectivity index (χ1v) is 13.3. The van der Waals surface area contributed by atoms with Crippen LogP contribution in [0.25, 0.3) is 0 Å². The number of nitrogens with zero attached hydrogens (tertiary/aromatic N) is 2. The Morgan fingerprint density at radius 2 is 1.74 bits per heavy atom. The summed E-state index contributed by atoms with van der Waals surface area (Å²) >= 11 is 3.33. The van der Waals surface area contributed by atoms with Crippen molar-refractivity contribution in [2.45, 2.75) is 45.8 Å². The van der Waals surface area contributed by atoms with Crippen LogP contribution in [0.3, 0.4) is 0 Å². The molecule has 1 atom stereocenters. The standard InChI is InChI=1S/C24H32BrN3O5S/c1-17(23(30)26-24(2,3)4)27(15-18-8-7-9-21(14-18)33-5)22(29)16-28(34(6,31)32)20-12-10-19(25)11-13-20/h7-14,17H,15-16H2,1-6H3,(H,26,30)/t17-/m0/s1. The molecular formula is C24H32BrN3O5S. The van der Waals surface area contributed by atoms with Gasteiger partial charge in [0.25, 0.3) is 0 Å². The number of sulfonamides is 1. The van der Waals surface area contributed by atoms with Gasteiger partial charge in [0.15, 0.2) is 0 Å². The second-order valence-corrected chi connectivity index (χ2v) is 11.9. The fraction of sp³-hybridized carbons (Fsp3) is 0.417. The third kappa shape index (κ3) is 8.02. The van der Waals surface area contributed by atoms with Crippen molar-refractivity contribution in [2.75, 3.05) is 24.2 Å². The first-order chi connectivity index (χ1) is 15.7. The molecule has 0 aliphatic carbocycles. The molecule has 0 saturated carbocycles. The van der Waals surface area contributed by atoms with Crippen LogP contribution in [0.4, 0.5) is 5.69 Å². The Morgan fingerprint density at radius 1 is 1.12 bits per heavy atom. The molecule has 2 aromatic rings. The van der Waals surface area contributed by atoms with E-state index in [0.29, 0.717) is 11.4 Å². The topological polar surface area (TPSA) is 96.0 Å². The highest BCUT2D eigenvalue weighted by Gasteiger charge is 2.31. The summed E-state index contributed by atoms with van der Waals surface area (Å²) in [6.45, 7) is 6.84. The molecule has 34 heavy (non-hydrogen) atoms. The molecule has 2 rings (SSSR count). The van der Waals surface area contributed by atoms with E-state index >= 15 is 0 Å². The van der Waals surface area contributed by atoms with Crippen LogP contribution in [-0.4, -0.2) is 56.6 Å². The molecule has 0 aromatic heterocycles. The van der Waals surface area contributed by atoms with E-state index in [-0.39, 0.29) is 12.5 Å². The first kappa shape index (κ1) is 27.7. The highest BCUT2D eigenvalue weighted by atomic mass is 79.9. The van der Waals surface area contributed by atoms with Crippen LogP contribution in [0.2, 0.25) is 0 Å². The molecule has 0 unspecified atom stereocenters. The van der Waals surface area contributed by atoms with Crippen molar-refractivity contribution in [2.24, 2.45) is 0 Å². The van der Waals surface area contributed by atoms with Crippen LogP contribution in [0, 0.1) is 0 Å². The molecule has 2 amide bonds. The summed E-state index contributed by atoms with van der Waals surface area (Å²) in [4.78, 5) is 27.8. The SMILES string of the molecule is COc1cccc(CN(C(=O)CN(c2ccc(Br)cc2)S(C)(=O)=O)[C@@H](C)C(=O)NC(C)(C)C)c1. The molecule has 186 valence electrons. The molecule has 0 fully saturated rings. The van der Waals surface area contributed by atoms with E-state index in [1.807, 2.05) is 26.8 Å². The molecule has 0 spiro atoms. The van der Waals surface area contributed by atoms with Crippen molar-refractivity contribution < 1.29 is 22.7 Å².